The van der Waals surface area contributed by atoms with Crippen LogP contribution in [0, 0.1) is 39.9 Å². The van der Waals surface area contributed by atoms with Crippen LogP contribution in [-0.2, 0) is 0 Å². The standard InChI is InChI=1S/C26H50/c1-11-15-20(5)18-21(12-2)26(10,14-4)22-16-17-23(24(6,7)8)25(9,13-3)19-22/h11,15,20-23H,12-14,16-19H2,1-10H3. The van der Waals surface area contributed by atoms with E-state index in [0.717, 1.165) is 17.8 Å². The minimum atomic E-state index is 0.433. The lowest BCUT2D eigenvalue weighted by Crippen LogP contribution is -2.47. The molecule has 6 unspecified atom stereocenters. The van der Waals surface area contributed by atoms with Crippen LogP contribution in [0.3, 0.4) is 0 Å². The predicted octanol–water partition coefficient (Wildman–Crippen LogP) is 8.91. The first kappa shape index (κ1) is 23.8. The molecule has 0 aromatic carbocycles. The van der Waals surface area contributed by atoms with E-state index in [0.29, 0.717) is 22.2 Å². The summed E-state index contributed by atoms with van der Waals surface area (Å²) in [7, 11) is 0. The molecule has 1 fully saturated rings. The molecule has 0 radical (unpaired) electrons. The highest BCUT2D eigenvalue weighted by molar-refractivity contribution is 5.00. The summed E-state index contributed by atoms with van der Waals surface area (Å²) in [5.74, 6) is 3.30. The van der Waals surface area contributed by atoms with Gasteiger partial charge in [-0.1, -0.05) is 93.7 Å². The molecule has 0 spiro atoms. The first-order valence-electron chi connectivity index (χ1n) is 11.6. The van der Waals surface area contributed by atoms with E-state index < -0.39 is 0 Å². The van der Waals surface area contributed by atoms with Gasteiger partial charge in [0.1, 0.15) is 0 Å². The molecule has 0 heterocycles. The van der Waals surface area contributed by atoms with E-state index in [4.69, 9.17) is 0 Å². The smallest absolute Gasteiger partial charge is 0.0259 e. The Hall–Kier alpha value is -0.260. The van der Waals surface area contributed by atoms with Crippen LogP contribution in [0.15, 0.2) is 12.2 Å². The summed E-state index contributed by atoms with van der Waals surface area (Å²) in [6, 6.07) is 0. The highest BCUT2D eigenvalue weighted by Crippen LogP contribution is 2.59. The Bertz CT molecular complexity index is 439. The van der Waals surface area contributed by atoms with Gasteiger partial charge in [-0.15, -0.1) is 0 Å². The van der Waals surface area contributed by atoms with Crippen LogP contribution in [-0.4, -0.2) is 0 Å². The lowest BCUT2D eigenvalue weighted by molar-refractivity contribution is -0.0575. The van der Waals surface area contributed by atoms with Gasteiger partial charge < -0.3 is 0 Å². The van der Waals surface area contributed by atoms with Crippen molar-refractivity contribution in [2.45, 2.75) is 114 Å². The SMILES string of the molecule is CC=CC(C)CC(CC)C(C)(CC)C1CCC(C(C)(C)C)C(C)(CC)C1. The van der Waals surface area contributed by atoms with Crippen molar-refractivity contribution in [3.63, 3.8) is 0 Å². The van der Waals surface area contributed by atoms with Crippen molar-refractivity contribution in [2.75, 3.05) is 0 Å². The first-order valence-corrected chi connectivity index (χ1v) is 11.6. The summed E-state index contributed by atoms with van der Waals surface area (Å²) >= 11 is 0. The molecule has 6 atom stereocenters. The summed E-state index contributed by atoms with van der Waals surface area (Å²) in [5.41, 5.74) is 1.43. The normalized spacial score (nSPS) is 32.4. The molecule has 0 N–H and O–H groups in total. The molecule has 0 saturated heterocycles. The average Bonchev–Trinajstić information content (AvgIpc) is 2.58. The zero-order valence-corrected chi connectivity index (χ0v) is 19.9. The van der Waals surface area contributed by atoms with Gasteiger partial charge in [-0.3, -0.25) is 0 Å². The van der Waals surface area contributed by atoms with Crippen LogP contribution in [0.1, 0.15) is 114 Å². The largest absolute Gasteiger partial charge is 0.0914 e. The Morgan fingerprint density at radius 1 is 1.08 bits per heavy atom. The highest BCUT2D eigenvalue weighted by Gasteiger charge is 2.49. The van der Waals surface area contributed by atoms with Crippen LogP contribution >= 0.6 is 0 Å². The minimum Gasteiger partial charge on any atom is -0.0914 e. The van der Waals surface area contributed by atoms with Gasteiger partial charge in [-0.05, 0) is 72.5 Å². The van der Waals surface area contributed by atoms with E-state index in [9.17, 15) is 0 Å². The Morgan fingerprint density at radius 2 is 1.69 bits per heavy atom. The molecule has 1 saturated carbocycles. The summed E-state index contributed by atoms with van der Waals surface area (Å²) in [6.45, 7) is 24.6. The molecular formula is C26H50. The van der Waals surface area contributed by atoms with Crippen molar-refractivity contribution in [2.24, 2.45) is 39.9 Å². The minimum absolute atomic E-state index is 0.433. The molecule has 0 amide bonds. The average molecular weight is 363 g/mol. The van der Waals surface area contributed by atoms with Crippen molar-refractivity contribution in [3.05, 3.63) is 12.2 Å². The molecule has 0 aromatic heterocycles. The summed E-state index contributed by atoms with van der Waals surface area (Å²) < 4.78 is 0. The van der Waals surface area contributed by atoms with Gasteiger partial charge in [0.25, 0.3) is 0 Å². The quantitative estimate of drug-likeness (QED) is 0.378. The lowest BCUT2D eigenvalue weighted by atomic mass is 9.49. The van der Waals surface area contributed by atoms with Gasteiger partial charge in [-0.2, -0.15) is 0 Å². The molecule has 26 heavy (non-hydrogen) atoms. The van der Waals surface area contributed by atoms with Crippen molar-refractivity contribution in [3.8, 4) is 0 Å². The maximum Gasteiger partial charge on any atom is -0.0259 e. The molecule has 154 valence electrons. The molecule has 0 heteroatoms. The fourth-order valence-corrected chi connectivity index (χ4v) is 6.62. The monoisotopic (exact) mass is 362 g/mol. The zero-order valence-electron chi connectivity index (χ0n) is 19.9. The van der Waals surface area contributed by atoms with Crippen LogP contribution in [0.5, 0.6) is 0 Å². The van der Waals surface area contributed by atoms with E-state index in [1.54, 1.807) is 0 Å². The summed E-state index contributed by atoms with van der Waals surface area (Å²) in [5, 5.41) is 0. The van der Waals surface area contributed by atoms with Crippen LogP contribution in [0.2, 0.25) is 0 Å². The van der Waals surface area contributed by atoms with E-state index in [-0.39, 0.29) is 0 Å². The maximum absolute atomic E-state index is 2.64. The third-order valence-electron chi connectivity index (χ3n) is 8.51. The summed E-state index contributed by atoms with van der Waals surface area (Å²) in [6.07, 6.45) is 14.3. The third kappa shape index (κ3) is 5.17. The van der Waals surface area contributed by atoms with Crippen molar-refractivity contribution in [1.82, 2.24) is 0 Å². The molecular weight excluding hydrogens is 312 g/mol. The van der Waals surface area contributed by atoms with Gasteiger partial charge in [0.15, 0.2) is 0 Å². The number of rotatable bonds is 8. The first-order chi connectivity index (χ1) is 12.0. The molecule has 1 aliphatic rings. The topological polar surface area (TPSA) is 0 Å². The van der Waals surface area contributed by atoms with Gasteiger partial charge >= 0.3 is 0 Å². The zero-order chi connectivity index (χ0) is 20.2. The Kier molecular flexibility index (Phi) is 8.50. The van der Waals surface area contributed by atoms with Crippen molar-refractivity contribution >= 4 is 0 Å². The fourth-order valence-electron chi connectivity index (χ4n) is 6.62. The number of allylic oxidation sites excluding steroid dienone is 2. The van der Waals surface area contributed by atoms with Crippen LogP contribution in [0.4, 0.5) is 0 Å². The second kappa shape index (κ2) is 9.29. The second-order valence-electron chi connectivity index (χ2n) is 11.1. The van der Waals surface area contributed by atoms with Gasteiger partial charge in [0, 0.05) is 0 Å². The van der Waals surface area contributed by atoms with Crippen molar-refractivity contribution < 1.29 is 0 Å². The number of hydrogen-bond acceptors (Lipinski definition) is 0. The molecule has 0 aliphatic heterocycles. The summed E-state index contributed by atoms with van der Waals surface area (Å²) in [4.78, 5) is 0. The van der Waals surface area contributed by atoms with E-state index in [1.807, 2.05) is 0 Å². The molecule has 0 aromatic rings. The maximum atomic E-state index is 2.64. The van der Waals surface area contributed by atoms with E-state index in [2.05, 4.69) is 81.4 Å². The Labute approximate surface area is 166 Å². The van der Waals surface area contributed by atoms with E-state index in [1.165, 1.54) is 44.9 Å². The van der Waals surface area contributed by atoms with Gasteiger partial charge in [0.2, 0.25) is 0 Å². The Morgan fingerprint density at radius 3 is 2.12 bits per heavy atom. The molecule has 0 bridgehead atoms. The fraction of sp³-hybridized carbons (Fsp3) is 0.923. The molecule has 0 nitrogen and oxygen atoms in total. The highest BCUT2D eigenvalue weighted by atomic mass is 14.5. The van der Waals surface area contributed by atoms with Crippen LogP contribution < -0.4 is 0 Å². The predicted molar refractivity (Wildman–Crippen MR) is 119 cm³/mol. The van der Waals surface area contributed by atoms with Gasteiger partial charge in [-0.25, -0.2) is 0 Å². The van der Waals surface area contributed by atoms with Crippen LogP contribution in [0.25, 0.3) is 0 Å². The van der Waals surface area contributed by atoms with E-state index >= 15 is 0 Å². The third-order valence-corrected chi connectivity index (χ3v) is 8.51. The molecule has 1 aliphatic carbocycles. The van der Waals surface area contributed by atoms with Crippen molar-refractivity contribution in [1.29, 1.82) is 0 Å². The lowest BCUT2D eigenvalue weighted by Gasteiger charge is -2.55. The second-order valence-corrected chi connectivity index (χ2v) is 11.1. The Balaban J connectivity index is 3.08. The number of hydrogen-bond donors (Lipinski definition) is 0. The van der Waals surface area contributed by atoms with Gasteiger partial charge in [0.05, 0.1) is 0 Å². The molecule has 1 rings (SSSR count).